The van der Waals surface area contributed by atoms with Gasteiger partial charge in [-0.3, -0.25) is 9.97 Å². The van der Waals surface area contributed by atoms with Gasteiger partial charge < -0.3 is 9.13 Å². The lowest BCUT2D eigenvalue weighted by atomic mass is 9.82. The van der Waals surface area contributed by atoms with Gasteiger partial charge >= 0.3 is 0 Å². The molecule has 5 nitrogen and oxygen atoms in total. The zero-order valence-corrected chi connectivity index (χ0v) is 34.3. The summed E-state index contributed by atoms with van der Waals surface area (Å²) in [4.78, 5) is 10.1. The van der Waals surface area contributed by atoms with Crippen LogP contribution >= 0.6 is 0 Å². The van der Waals surface area contributed by atoms with E-state index < -0.39 is 0 Å². The van der Waals surface area contributed by atoms with Crippen molar-refractivity contribution in [2.75, 3.05) is 0 Å². The Morgan fingerprint density at radius 1 is 0.328 bits per heavy atom. The van der Waals surface area contributed by atoms with Gasteiger partial charge in [0.25, 0.3) is 0 Å². The lowest BCUT2D eigenvalue weighted by molar-refractivity contribution is 1.12. The normalized spacial score (nSPS) is 12.0. The van der Waals surface area contributed by atoms with Gasteiger partial charge in [0.15, 0.2) is 0 Å². The third kappa shape index (κ3) is 4.50. The number of pyridine rings is 2. The number of nitrogens with zero attached hydrogens (tertiary/aromatic N) is 5. The van der Waals surface area contributed by atoms with Crippen molar-refractivity contribution < 1.29 is 0 Å². The Kier molecular flexibility index (Phi) is 7.12. The minimum atomic E-state index is 0.571. The van der Waals surface area contributed by atoms with Crippen LogP contribution in [0.3, 0.4) is 0 Å². The van der Waals surface area contributed by atoms with Gasteiger partial charge in [0, 0.05) is 66.8 Å². The Morgan fingerprint density at radius 2 is 0.750 bits per heavy atom. The van der Waals surface area contributed by atoms with Crippen LogP contribution in [0.25, 0.3) is 132 Å². The molecule has 0 aliphatic rings. The lowest BCUT2D eigenvalue weighted by Gasteiger charge is -2.27. The number of hydrogen-bond acceptors (Lipinski definition) is 3. The van der Waals surface area contributed by atoms with Crippen molar-refractivity contribution in [2.24, 2.45) is 0 Å². The molecule has 0 amide bonds. The monoisotopic (exact) mass is 811 g/mol. The van der Waals surface area contributed by atoms with Gasteiger partial charge in [-0.05, 0) is 63.2 Å². The van der Waals surface area contributed by atoms with Crippen LogP contribution in [0.5, 0.6) is 0 Å². The molecule has 14 rings (SSSR count). The van der Waals surface area contributed by atoms with Crippen LogP contribution in [0.2, 0.25) is 0 Å². The quantitative estimate of drug-likeness (QED) is 0.163. The smallest absolute Gasteiger partial charge is 0.104 e. The average Bonchev–Trinajstić information content (AvgIpc) is 3.89. The summed E-state index contributed by atoms with van der Waals surface area (Å²) in [5.74, 6) is 0. The summed E-state index contributed by atoms with van der Waals surface area (Å²) in [7, 11) is 0. The fourth-order valence-electron chi connectivity index (χ4n) is 11.1. The molecular weight excluding hydrogens is 779 g/mol. The zero-order chi connectivity index (χ0) is 42.0. The summed E-state index contributed by atoms with van der Waals surface area (Å²) < 4.78 is 4.76. The minimum absolute atomic E-state index is 0.571. The molecule has 10 aromatic carbocycles. The molecule has 0 aliphatic carbocycles. The molecule has 14 aromatic rings. The predicted octanol–water partition coefficient (Wildman–Crippen LogP) is 15.0. The van der Waals surface area contributed by atoms with Gasteiger partial charge in [0.1, 0.15) is 11.6 Å². The van der Waals surface area contributed by atoms with E-state index in [1.54, 1.807) is 0 Å². The van der Waals surface area contributed by atoms with Crippen molar-refractivity contribution in [1.82, 2.24) is 19.1 Å². The number of benzene rings is 10. The third-order valence-electron chi connectivity index (χ3n) is 13.5. The third-order valence-corrected chi connectivity index (χ3v) is 13.5. The molecule has 0 saturated heterocycles. The summed E-state index contributed by atoms with van der Waals surface area (Å²) in [6.07, 6.45) is 3.81. The van der Waals surface area contributed by atoms with E-state index in [1.807, 2.05) is 18.5 Å². The van der Waals surface area contributed by atoms with Crippen molar-refractivity contribution >= 4 is 87.0 Å². The Morgan fingerprint density at radius 3 is 1.34 bits per heavy atom. The molecule has 0 atom stereocenters. The predicted molar refractivity (Wildman–Crippen MR) is 264 cm³/mol. The molecule has 4 heterocycles. The maximum absolute atomic E-state index is 12.3. The summed E-state index contributed by atoms with van der Waals surface area (Å²) in [5, 5.41) is 23.6. The van der Waals surface area contributed by atoms with Crippen molar-refractivity contribution in [3.05, 3.63) is 206 Å². The SMILES string of the molecule is N#Cc1c(-n2c3cccc4c5cccnc5c5cccc2c5c43)c(-c2ccccc2)c(-c2ccccc2)c(-c2ccccc2)c1-n1c2cccc3c4ccccc4c4nccc1c4c32. The minimum Gasteiger partial charge on any atom is -0.307 e. The van der Waals surface area contributed by atoms with E-state index in [9.17, 15) is 5.26 Å². The molecule has 64 heavy (non-hydrogen) atoms. The molecule has 294 valence electrons. The van der Waals surface area contributed by atoms with Gasteiger partial charge in [-0.15, -0.1) is 0 Å². The number of fused-ring (bicyclic) bond motifs is 6. The number of hydrogen-bond donors (Lipinski definition) is 0. The van der Waals surface area contributed by atoms with Gasteiger partial charge in [-0.25, -0.2) is 0 Å². The van der Waals surface area contributed by atoms with Crippen molar-refractivity contribution in [3.63, 3.8) is 0 Å². The average molecular weight is 812 g/mol. The Hall–Kier alpha value is -8.85. The molecule has 5 heteroatoms. The van der Waals surface area contributed by atoms with Crippen LogP contribution < -0.4 is 0 Å². The number of aromatic nitrogens is 4. The second-order valence-electron chi connectivity index (χ2n) is 16.7. The molecule has 0 N–H and O–H groups in total. The maximum atomic E-state index is 12.3. The van der Waals surface area contributed by atoms with Crippen LogP contribution in [0.4, 0.5) is 0 Å². The fourth-order valence-corrected chi connectivity index (χ4v) is 11.1. The molecular formula is C59H33N5. The molecule has 0 unspecified atom stereocenters. The van der Waals surface area contributed by atoms with Crippen LogP contribution in [-0.4, -0.2) is 19.1 Å². The largest absolute Gasteiger partial charge is 0.307 e. The second kappa shape index (κ2) is 13.1. The van der Waals surface area contributed by atoms with Crippen molar-refractivity contribution in [3.8, 4) is 50.8 Å². The van der Waals surface area contributed by atoms with Crippen molar-refractivity contribution in [2.45, 2.75) is 0 Å². The Balaban J connectivity index is 1.30. The van der Waals surface area contributed by atoms with E-state index in [0.29, 0.717) is 5.56 Å². The maximum Gasteiger partial charge on any atom is 0.104 e. The number of nitriles is 1. The lowest BCUT2D eigenvalue weighted by Crippen LogP contribution is -2.11. The van der Waals surface area contributed by atoms with Gasteiger partial charge in [0.2, 0.25) is 0 Å². The van der Waals surface area contributed by atoms with E-state index in [-0.39, 0.29) is 0 Å². The van der Waals surface area contributed by atoms with E-state index in [4.69, 9.17) is 9.97 Å². The van der Waals surface area contributed by atoms with E-state index in [0.717, 1.165) is 132 Å². The molecule has 0 saturated carbocycles. The first-order valence-electron chi connectivity index (χ1n) is 21.6. The second-order valence-corrected chi connectivity index (χ2v) is 16.7. The highest BCUT2D eigenvalue weighted by Crippen LogP contribution is 2.54. The Labute approximate surface area is 366 Å². The standard InChI is InChI=1S/C59H33N5/c60-34-44-58(63-45-28-13-25-40-42-27-15-32-61-56(42)43-26-14-30-47(63)54(43)52(40)45)50(36-18-6-2-7-19-36)49(35-16-4-1-5-17-35)51(37-20-8-3-9-21-37)59(44)64-46-29-12-24-39-38-22-10-11-23-41(38)57-55(53(39)46)48(64)31-33-62-57/h1-33H. The van der Waals surface area contributed by atoms with E-state index >= 15 is 0 Å². The van der Waals surface area contributed by atoms with Gasteiger partial charge in [-0.1, -0.05) is 158 Å². The first kappa shape index (κ1) is 34.8. The summed E-state index contributed by atoms with van der Waals surface area (Å²) >= 11 is 0. The topological polar surface area (TPSA) is 59.4 Å². The van der Waals surface area contributed by atoms with E-state index in [1.165, 1.54) is 0 Å². The molecule has 0 aliphatic heterocycles. The summed E-state index contributed by atoms with van der Waals surface area (Å²) in [5.41, 5.74) is 14.3. The summed E-state index contributed by atoms with van der Waals surface area (Å²) in [6.45, 7) is 0. The van der Waals surface area contributed by atoms with Crippen LogP contribution in [0, 0.1) is 11.3 Å². The fraction of sp³-hybridized carbons (Fsp3) is 0. The highest BCUT2D eigenvalue weighted by Gasteiger charge is 2.33. The summed E-state index contributed by atoms with van der Waals surface area (Å²) in [6, 6.07) is 69.6. The first-order chi connectivity index (χ1) is 31.8. The molecule has 0 bridgehead atoms. The van der Waals surface area contributed by atoms with Crippen LogP contribution in [0.15, 0.2) is 200 Å². The molecule has 0 radical (unpaired) electrons. The zero-order valence-electron chi connectivity index (χ0n) is 34.3. The van der Waals surface area contributed by atoms with Gasteiger partial charge in [0.05, 0.1) is 44.5 Å². The molecule has 0 spiro atoms. The highest BCUT2D eigenvalue weighted by atomic mass is 15.0. The van der Waals surface area contributed by atoms with E-state index in [2.05, 4.69) is 197 Å². The first-order valence-corrected chi connectivity index (χ1v) is 21.6. The van der Waals surface area contributed by atoms with Crippen molar-refractivity contribution in [1.29, 1.82) is 5.26 Å². The van der Waals surface area contributed by atoms with Crippen LogP contribution in [-0.2, 0) is 0 Å². The number of rotatable bonds is 5. The van der Waals surface area contributed by atoms with Crippen LogP contribution in [0.1, 0.15) is 5.56 Å². The highest BCUT2D eigenvalue weighted by molar-refractivity contribution is 6.35. The van der Waals surface area contributed by atoms with Gasteiger partial charge in [-0.2, -0.15) is 5.26 Å². The Bertz CT molecular complexity index is 3810. The molecule has 0 fully saturated rings. The molecule has 4 aromatic heterocycles.